The van der Waals surface area contributed by atoms with Crippen LogP contribution in [0.2, 0.25) is 0 Å². The van der Waals surface area contributed by atoms with Crippen LogP contribution in [-0.4, -0.2) is 105 Å². The third-order valence-corrected chi connectivity index (χ3v) is 9.70. The first-order valence-electron chi connectivity index (χ1n) is 18.1. The maximum absolute atomic E-state index is 14.0. The molecule has 2 aliphatic heterocycles. The van der Waals surface area contributed by atoms with Gasteiger partial charge in [-0.05, 0) is 81.4 Å². The zero-order valence-electron chi connectivity index (χ0n) is 30.7. The number of nitrogens with zero attached hydrogens (tertiary/aromatic N) is 6. The van der Waals surface area contributed by atoms with Gasteiger partial charge in [-0.2, -0.15) is 18.4 Å². The smallest absolute Gasteiger partial charge is 0.451 e. The van der Waals surface area contributed by atoms with Gasteiger partial charge in [0.25, 0.3) is 0 Å². The lowest BCUT2D eigenvalue weighted by Gasteiger charge is -2.34. The molecule has 15 heteroatoms. The number of amides is 2. The van der Waals surface area contributed by atoms with E-state index in [0.29, 0.717) is 69.8 Å². The van der Waals surface area contributed by atoms with Gasteiger partial charge < -0.3 is 29.7 Å². The summed E-state index contributed by atoms with van der Waals surface area (Å²) < 4.78 is 47.7. The summed E-state index contributed by atoms with van der Waals surface area (Å²) in [6, 6.07) is 9.37. The number of nitriles is 1. The first-order valence-corrected chi connectivity index (χ1v) is 18.1. The molecule has 0 spiro atoms. The molecule has 2 saturated heterocycles. The number of methoxy groups -OCH3 is 1. The molecule has 2 atom stereocenters. The average Bonchev–Trinajstić information content (AvgIpc) is 3.61. The molecular formula is C37H52F3N8O4+. The minimum atomic E-state index is -4.76. The molecule has 2 unspecified atom stereocenters. The van der Waals surface area contributed by atoms with E-state index in [4.69, 9.17) is 10.00 Å². The van der Waals surface area contributed by atoms with Gasteiger partial charge in [-0.25, -0.2) is 14.8 Å². The van der Waals surface area contributed by atoms with E-state index in [1.807, 2.05) is 17.0 Å². The molecule has 2 fully saturated rings. The van der Waals surface area contributed by atoms with Gasteiger partial charge in [0, 0.05) is 38.7 Å². The predicted octanol–water partition coefficient (Wildman–Crippen LogP) is 4.23. The summed E-state index contributed by atoms with van der Waals surface area (Å²) in [6.07, 6.45) is 1.32. The number of quaternary nitrogens is 1. The van der Waals surface area contributed by atoms with Crippen LogP contribution < -0.4 is 20.4 Å². The van der Waals surface area contributed by atoms with Crippen LogP contribution in [0.4, 0.5) is 24.8 Å². The minimum Gasteiger partial charge on any atom is -0.467 e. The molecule has 2 aromatic rings. The summed E-state index contributed by atoms with van der Waals surface area (Å²) in [6.45, 7) is 2.60. The lowest BCUT2D eigenvalue weighted by molar-refractivity contribution is -0.870. The predicted molar refractivity (Wildman–Crippen MR) is 190 cm³/mol. The number of hydrogen-bond acceptors (Lipinski definition) is 9. The molecule has 2 N–H and O–H groups in total. The van der Waals surface area contributed by atoms with Gasteiger partial charge in [0.15, 0.2) is 0 Å². The van der Waals surface area contributed by atoms with E-state index < -0.39 is 30.1 Å². The molecule has 0 bridgehead atoms. The molecule has 2 aliphatic rings. The lowest BCUT2D eigenvalue weighted by Crippen LogP contribution is -2.44. The second-order valence-electron chi connectivity index (χ2n) is 14.7. The van der Waals surface area contributed by atoms with Crippen LogP contribution in [0.5, 0.6) is 0 Å². The summed E-state index contributed by atoms with van der Waals surface area (Å²) in [7, 11) is 7.51. The van der Waals surface area contributed by atoms with E-state index in [2.05, 4.69) is 47.8 Å². The van der Waals surface area contributed by atoms with Crippen molar-refractivity contribution in [3.8, 4) is 6.07 Å². The minimum absolute atomic E-state index is 0.0814. The number of esters is 1. The van der Waals surface area contributed by atoms with Crippen molar-refractivity contribution in [2.24, 2.45) is 5.92 Å². The van der Waals surface area contributed by atoms with Crippen molar-refractivity contribution < 1.29 is 36.8 Å². The van der Waals surface area contributed by atoms with Crippen LogP contribution in [0.3, 0.4) is 0 Å². The number of hydrogen-bond donors (Lipinski definition) is 2. The van der Waals surface area contributed by atoms with E-state index in [0.717, 1.165) is 42.3 Å². The fourth-order valence-electron chi connectivity index (χ4n) is 6.79. The van der Waals surface area contributed by atoms with Gasteiger partial charge in [-0.1, -0.05) is 12.1 Å². The Morgan fingerprint density at radius 1 is 1.04 bits per heavy atom. The third kappa shape index (κ3) is 12.1. The summed E-state index contributed by atoms with van der Waals surface area (Å²) in [5.41, 5.74) is 1.50. The molecule has 1 aromatic heterocycles. The largest absolute Gasteiger partial charge is 0.467 e. The summed E-state index contributed by atoms with van der Waals surface area (Å²) in [4.78, 5) is 49.4. The van der Waals surface area contributed by atoms with Crippen LogP contribution >= 0.6 is 0 Å². The highest BCUT2D eigenvalue weighted by molar-refractivity contribution is 5.86. The maximum Gasteiger partial charge on any atom is 0.451 e. The molecule has 12 nitrogen and oxygen atoms in total. The van der Waals surface area contributed by atoms with Crippen LogP contribution in [0, 0.1) is 17.2 Å². The van der Waals surface area contributed by atoms with Crippen molar-refractivity contribution in [2.75, 3.05) is 70.8 Å². The number of nitrogens with one attached hydrogen (secondary N) is 2. The Bertz CT molecular complexity index is 1550. The molecule has 0 radical (unpaired) electrons. The van der Waals surface area contributed by atoms with Crippen LogP contribution in [-0.2, 0) is 31.7 Å². The first kappa shape index (κ1) is 40.3. The lowest BCUT2D eigenvalue weighted by atomic mass is 9.91. The number of carbonyl (C=O) groups is 3. The highest BCUT2D eigenvalue weighted by Crippen LogP contribution is 2.34. The van der Waals surface area contributed by atoms with E-state index in [-0.39, 0.29) is 29.9 Å². The Balaban J connectivity index is 1.30. The van der Waals surface area contributed by atoms with Crippen molar-refractivity contribution in [3.63, 3.8) is 0 Å². The zero-order chi connectivity index (χ0) is 37.9. The number of alkyl halides is 3. The average molecular weight is 730 g/mol. The van der Waals surface area contributed by atoms with Crippen molar-refractivity contribution in [1.82, 2.24) is 20.6 Å². The molecule has 284 valence electrons. The molecule has 3 heterocycles. The molecule has 4 rings (SSSR count). The molecule has 0 saturated carbocycles. The second kappa shape index (κ2) is 18.3. The molecule has 0 aliphatic carbocycles. The van der Waals surface area contributed by atoms with Gasteiger partial charge >= 0.3 is 12.1 Å². The number of anilines is 2. The number of halogens is 3. The molecular weight excluding hydrogens is 677 g/mol. The SMILES string of the molecule is COC(=O)C(CCC[N+](C)(C)C)NC(=O)CCCC1CCN(c2cc(N3CCCC3C(=O)NCCc3ccc(C#N)cc3)nc(C(F)(F)F)n2)CC1. The Morgan fingerprint density at radius 2 is 1.73 bits per heavy atom. The zero-order valence-corrected chi connectivity index (χ0v) is 30.7. The third-order valence-electron chi connectivity index (χ3n) is 9.70. The van der Waals surface area contributed by atoms with E-state index in [9.17, 15) is 27.6 Å². The maximum atomic E-state index is 14.0. The standard InChI is InChI=1S/C37H51F3N8O4/c1-48(2,3)23-7-9-29(35(51)52-4)43-33(49)11-5-8-26-17-21-46(22-18-26)31-24-32(45-36(44-31)37(38,39)40)47-20-6-10-30(47)34(50)42-19-16-27-12-14-28(25-41)15-13-27/h12-15,24,26,29-30H,5-11,16-23H2,1-4H3,(H-,42,43,49,50)/p+1. The summed E-state index contributed by atoms with van der Waals surface area (Å²) in [5.74, 6) is -1.60. The van der Waals surface area contributed by atoms with E-state index in [1.54, 1.807) is 23.1 Å². The van der Waals surface area contributed by atoms with Crippen molar-refractivity contribution >= 4 is 29.4 Å². The van der Waals surface area contributed by atoms with Gasteiger partial charge in [0.1, 0.15) is 23.7 Å². The Labute approximate surface area is 304 Å². The second-order valence-corrected chi connectivity index (χ2v) is 14.7. The number of rotatable bonds is 16. The Kier molecular flexibility index (Phi) is 14.2. The van der Waals surface area contributed by atoms with Crippen molar-refractivity contribution in [2.45, 2.75) is 82.5 Å². The van der Waals surface area contributed by atoms with Gasteiger partial charge in [0.2, 0.25) is 17.6 Å². The quantitative estimate of drug-likeness (QED) is 0.192. The molecule has 1 aromatic carbocycles. The number of aromatic nitrogens is 2. The van der Waals surface area contributed by atoms with Gasteiger partial charge in [0.05, 0.1) is 46.4 Å². The van der Waals surface area contributed by atoms with Crippen molar-refractivity contribution in [3.05, 3.63) is 47.3 Å². The summed E-state index contributed by atoms with van der Waals surface area (Å²) in [5, 5.41) is 14.7. The van der Waals surface area contributed by atoms with Gasteiger partial charge in [-0.15, -0.1) is 0 Å². The van der Waals surface area contributed by atoms with Crippen LogP contribution in [0.15, 0.2) is 30.3 Å². The normalized spacial score (nSPS) is 17.4. The van der Waals surface area contributed by atoms with Crippen LogP contribution in [0.1, 0.15) is 74.7 Å². The Morgan fingerprint density at radius 3 is 2.37 bits per heavy atom. The molecule has 2 amide bonds. The highest BCUT2D eigenvalue weighted by Gasteiger charge is 2.39. The van der Waals surface area contributed by atoms with E-state index in [1.165, 1.54) is 7.11 Å². The van der Waals surface area contributed by atoms with Crippen molar-refractivity contribution in [1.29, 1.82) is 5.26 Å². The highest BCUT2D eigenvalue weighted by atomic mass is 19.4. The summed E-state index contributed by atoms with van der Waals surface area (Å²) >= 11 is 0. The van der Waals surface area contributed by atoms with Crippen LogP contribution in [0.25, 0.3) is 0 Å². The first-order chi connectivity index (χ1) is 24.7. The number of benzene rings is 1. The topological polar surface area (TPSA) is 141 Å². The fraction of sp³-hybridized carbons (Fsp3) is 0.622. The Hall–Kier alpha value is -4.45. The van der Waals surface area contributed by atoms with Gasteiger partial charge in [-0.3, -0.25) is 9.59 Å². The van der Waals surface area contributed by atoms with E-state index >= 15 is 0 Å². The monoisotopic (exact) mass is 729 g/mol. The number of carbonyl (C=O) groups excluding carboxylic acids is 3. The number of piperidine rings is 1. The molecule has 52 heavy (non-hydrogen) atoms. The number of ether oxygens (including phenoxy) is 1. The fourth-order valence-corrected chi connectivity index (χ4v) is 6.79.